The molecule has 0 atom stereocenters. The van der Waals surface area contributed by atoms with Gasteiger partial charge in [0.15, 0.2) is 5.96 Å². The quantitative estimate of drug-likeness (QED) is 0.314. The number of ether oxygens (including phenoxy) is 1. The molecule has 3 aromatic rings. The Balaban J connectivity index is 1.36. The van der Waals surface area contributed by atoms with Crippen molar-refractivity contribution < 1.29 is 4.74 Å². The Morgan fingerprint density at radius 1 is 1.10 bits per heavy atom. The third-order valence-electron chi connectivity index (χ3n) is 4.60. The van der Waals surface area contributed by atoms with Crippen molar-refractivity contribution in [1.82, 2.24) is 20.4 Å². The number of hydrogen-bond donors (Lipinski definition) is 2. The van der Waals surface area contributed by atoms with Gasteiger partial charge in [-0.1, -0.05) is 30.3 Å². The van der Waals surface area contributed by atoms with E-state index >= 15 is 0 Å². The second-order valence-corrected chi connectivity index (χ2v) is 7.02. The van der Waals surface area contributed by atoms with Gasteiger partial charge in [-0.3, -0.25) is 9.67 Å². The molecule has 0 aliphatic carbocycles. The predicted octanol–water partition coefficient (Wildman–Crippen LogP) is 3.53. The maximum atomic E-state index is 5.89. The van der Waals surface area contributed by atoms with E-state index in [1.807, 2.05) is 30.1 Å². The van der Waals surface area contributed by atoms with Gasteiger partial charge in [0.2, 0.25) is 0 Å². The average Bonchev–Trinajstić information content (AvgIpc) is 3.15. The van der Waals surface area contributed by atoms with Gasteiger partial charge in [0.1, 0.15) is 5.75 Å². The number of aliphatic imine (C=N–C) groups is 1. The van der Waals surface area contributed by atoms with Crippen LogP contribution in [0, 0.1) is 0 Å². The van der Waals surface area contributed by atoms with E-state index in [0.717, 1.165) is 50.6 Å². The summed E-state index contributed by atoms with van der Waals surface area (Å²) in [5.74, 6) is 1.78. The lowest BCUT2D eigenvalue weighted by Crippen LogP contribution is -2.38. The number of rotatable bonds is 10. The third-order valence-corrected chi connectivity index (χ3v) is 4.60. The van der Waals surface area contributed by atoms with Crippen LogP contribution in [0.4, 0.5) is 0 Å². The van der Waals surface area contributed by atoms with Crippen molar-refractivity contribution in [1.29, 1.82) is 0 Å². The average molecular weight is 394 g/mol. The van der Waals surface area contributed by atoms with Crippen molar-refractivity contribution in [3.8, 4) is 5.75 Å². The predicted molar refractivity (Wildman–Crippen MR) is 120 cm³/mol. The summed E-state index contributed by atoms with van der Waals surface area (Å²) < 4.78 is 7.73. The second kappa shape index (κ2) is 11.1. The van der Waals surface area contributed by atoms with Crippen LogP contribution in [0.2, 0.25) is 0 Å². The van der Waals surface area contributed by atoms with Crippen LogP contribution in [0.1, 0.15) is 25.3 Å². The number of benzene rings is 2. The first-order valence-electron chi connectivity index (χ1n) is 10.4. The fraction of sp³-hybridized carbons (Fsp3) is 0.391. The van der Waals surface area contributed by atoms with Gasteiger partial charge in [-0.15, -0.1) is 0 Å². The van der Waals surface area contributed by atoms with Crippen LogP contribution in [0.25, 0.3) is 10.8 Å². The minimum Gasteiger partial charge on any atom is -0.494 e. The Bertz CT molecular complexity index is 918. The van der Waals surface area contributed by atoms with Crippen molar-refractivity contribution >= 4 is 16.7 Å². The van der Waals surface area contributed by atoms with Crippen molar-refractivity contribution in [3.63, 3.8) is 0 Å². The molecule has 2 N–H and O–H groups in total. The highest BCUT2D eigenvalue weighted by atomic mass is 16.5. The van der Waals surface area contributed by atoms with E-state index in [0.29, 0.717) is 6.61 Å². The number of aromatic nitrogens is 2. The molecule has 0 amide bonds. The summed E-state index contributed by atoms with van der Waals surface area (Å²) in [6.07, 6.45) is 6.92. The van der Waals surface area contributed by atoms with E-state index < -0.39 is 0 Å². The molecule has 29 heavy (non-hydrogen) atoms. The summed E-state index contributed by atoms with van der Waals surface area (Å²) in [5, 5.41) is 13.3. The van der Waals surface area contributed by atoms with Gasteiger partial charge in [-0.25, -0.2) is 0 Å². The minimum atomic E-state index is 0.655. The molecular weight excluding hydrogens is 362 g/mol. The van der Waals surface area contributed by atoms with Crippen LogP contribution in [0.5, 0.6) is 5.75 Å². The van der Waals surface area contributed by atoms with Crippen molar-refractivity contribution in [2.75, 3.05) is 26.2 Å². The molecule has 6 heteroatoms. The van der Waals surface area contributed by atoms with Gasteiger partial charge in [-0.2, -0.15) is 5.10 Å². The minimum absolute atomic E-state index is 0.655. The lowest BCUT2D eigenvalue weighted by molar-refractivity contribution is 0.314. The Hall–Kier alpha value is -3.02. The number of aryl methyl sites for hydroxylation is 2. The van der Waals surface area contributed by atoms with E-state index in [-0.39, 0.29) is 0 Å². The lowest BCUT2D eigenvalue weighted by Gasteiger charge is -2.11. The van der Waals surface area contributed by atoms with Gasteiger partial charge >= 0.3 is 0 Å². The highest BCUT2D eigenvalue weighted by Gasteiger charge is 2.00. The highest BCUT2D eigenvalue weighted by Crippen LogP contribution is 2.20. The van der Waals surface area contributed by atoms with E-state index in [1.54, 1.807) is 0 Å². The van der Waals surface area contributed by atoms with Gasteiger partial charge in [0.25, 0.3) is 0 Å². The molecule has 154 valence electrons. The normalized spacial score (nSPS) is 11.6. The summed E-state index contributed by atoms with van der Waals surface area (Å²) in [7, 11) is 1.95. The zero-order valence-corrected chi connectivity index (χ0v) is 17.4. The smallest absolute Gasteiger partial charge is 0.191 e. The largest absolute Gasteiger partial charge is 0.494 e. The fourth-order valence-corrected chi connectivity index (χ4v) is 3.14. The molecule has 0 spiro atoms. The Morgan fingerprint density at radius 2 is 1.97 bits per heavy atom. The van der Waals surface area contributed by atoms with Crippen LogP contribution in [-0.4, -0.2) is 42.0 Å². The van der Waals surface area contributed by atoms with Gasteiger partial charge in [0.05, 0.1) is 12.8 Å². The molecule has 3 rings (SSSR count). The number of hydrogen-bond acceptors (Lipinski definition) is 3. The molecule has 1 heterocycles. The van der Waals surface area contributed by atoms with E-state index in [2.05, 4.69) is 64.2 Å². The van der Waals surface area contributed by atoms with Crippen LogP contribution in [-0.2, 0) is 13.5 Å². The van der Waals surface area contributed by atoms with Crippen LogP contribution in [0.15, 0.2) is 59.9 Å². The second-order valence-electron chi connectivity index (χ2n) is 7.02. The molecule has 0 bridgehead atoms. The summed E-state index contributed by atoms with van der Waals surface area (Å²) in [4.78, 5) is 4.64. The molecule has 0 aliphatic heterocycles. The van der Waals surface area contributed by atoms with Gasteiger partial charge < -0.3 is 15.4 Å². The maximum absolute atomic E-state index is 5.89. The summed E-state index contributed by atoms with van der Waals surface area (Å²) in [5.41, 5.74) is 1.27. The SMILES string of the molecule is CCNC(=NCCCOc1ccc2ccccc2c1)NCCCc1cnn(C)c1. The molecular formula is C23H31N5O. The van der Waals surface area contributed by atoms with Gasteiger partial charge in [-0.05, 0) is 48.2 Å². The molecule has 0 unspecified atom stereocenters. The first kappa shape index (κ1) is 20.7. The van der Waals surface area contributed by atoms with Crippen molar-refractivity contribution in [3.05, 3.63) is 60.4 Å². The number of fused-ring (bicyclic) bond motifs is 1. The molecule has 2 aromatic carbocycles. The molecule has 0 fully saturated rings. The topological polar surface area (TPSA) is 63.5 Å². The van der Waals surface area contributed by atoms with E-state index in [1.165, 1.54) is 16.3 Å². The van der Waals surface area contributed by atoms with E-state index in [9.17, 15) is 0 Å². The van der Waals surface area contributed by atoms with Crippen molar-refractivity contribution in [2.45, 2.75) is 26.2 Å². The molecule has 0 saturated heterocycles. The van der Waals surface area contributed by atoms with Crippen LogP contribution in [0.3, 0.4) is 0 Å². The summed E-state index contributed by atoms with van der Waals surface area (Å²) >= 11 is 0. The summed E-state index contributed by atoms with van der Waals surface area (Å²) in [6.45, 7) is 5.19. The maximum Gasteiger partial charge on any atom is 0.191 e. The Labute approximate surface area is 173 Å². The molecule has 6 nitrogen and oxygen atoms in total. The molecule has 0 radical (unpaired) electrons. The number of nitrogens with one attached hydrogen (secondary N) is 2. The van der Waals surface area contributed by atoms with Crippen LogP contribution < -0.4 is 15.4 Å². The monoisotopic (exact) mass is 393 g/mol. The number of nitrogens with zero attached hydrogens (tertiary/aromatic N) is 3. The molecule has 1 aromatic heterocycles. The third kappa shape index (κ3) is 6.82. The molecule has 0 aliphatic rings. The summed E-state index contributed by atoms with van der Waals surface area (Å²) in [6, 6.07) is 14.5. The van der Waals surface area contributed by atoms with Gasteiger partial charge in [0, 0.05) is 39.3 Å². The number of guanidine groups is 1. The first-order chi connectivity index (χ1) is 14.2. The Morgan fingerprint density at radius 3 is 2.76 bits per heavy atom. The van der Waals surface area contributed by atoms with E-state index in [4.69, 9.17) is 4.74 Å². The Kier molecular flexibility index (Phi) is 7.92. The zero-order chi connectivity index (χ0) is 20.3. The standard InChI is InChI=1S/C23H31N5O/c1-3-24-23(25-13-6-8-19-17-27-28(2)18-19)26-14-7-15-29-22-12-11-20-9-4-5-10-21(20)16-22/h4-5,9-12,16-18H,3,6-8,13-15H2,1-2H3,(H2,24,25,26). The van der Waals surface area contributed by atoms with Crippen molar-refractivity contribution in [2.24, 2.45) is 12.0 Å². The fourth-order valence-electron chi connectivity index (χ4n) is 3.14. The lowest BCUT2D eigenvalue weighted by atomic mass is 10.1. The zero-order valence-electron chi connectivity index (χ0n) is 17.4. The first-order valence-corrected chi connectivity index (χ1v) is 10.4. The molecule has 0 saturated carbocycles. The highest BCUT2D eigenvalue weighted by molar-refractivity contribution is 5.83. The van der Waals surface area contributed by atoms with Crippen LogP contribution >= 0.6 is 0 Å².